The quantitative estimate of drug-likeness (QED) is 0.758. The molecule has 0 saturated carbocycles. The summed E-state index contributed by atoms with van der Waals surface area (Å²) in [5, 5.41) is 9.70. The molecule has 1 aromatic carbocycles. The van der Waals surface area contributed by atoms with E-state index in [1.54, 1.807) is 0 Å². The third-order valence-electron chi connectivity index (χ3n) is 4.69. The van der Waals surface area contributed by atoms with Crippen molar-refractivity contribution in [1.82, 2.24) is 19.7 Å². The van der Waals surface area contributed by atoms with E-state index in [-0.39, 0.29) is 0 Å². The van der Waals surface area contributed by atoms with Gasteiger partial charge in [0.2, 0.25) is 0 Å². The van der Waals surface area contributed by atoms with Crippen molar-refractivity contribution in [3.63, 3.8) is 0 Å². The summed E-state index contributed by atoms with van der Waals surface area (Å²) in [5.41, 5.74) is 1.30. The van der Waals surface area contributed by atoms with Crippen LogP contribution in [0.3, 0.4) is 0 Å². The second-order valence-corrected chi connectivity index (χ2v) is 7.43. The Morgan fingerprint density at radius 2 is 2.00 bits per heavy atom. The zero-order valence-corrected chi connectivity index (χ0v) is 14.9. The molecule has 0 bridgehead atoms. The molecular formula is C18H26N4S. The number of aromatic nitrogens is 3. The van der Waals surface area contributed by atoms with Crippen molar-refractivity contribution in [3.05, 3.63) is 41.7 Å². The first-order chi connectivity index (χ1) is 11.2. The average Bonchev–Trinajstić information content (AvgIpc) is 2.91. The predicted octanol–water partition coefficient (Wildman–Crippen LogP) is 3.60. The number of hydrogen-bond donors (Lipinski definition) is 0. The van der Waals surface area contributed by atoms with Gasteiger partial charge in [0.05, 0.1) is 6.54 Å². The van der Waals surface area contributed by atoms with E-state index in [2.05, 4.69) is 57.0 Å². The predicted molar refractivity (Wildman–Crippen MR) is 95.9 cm³/mol. The summed E-state index contributed by atoms with van der Waals surface area (Å²) in [6.45, 7) is 4.14. The lowest BCUT2D eigenvalue weighted by Crippen LogP contribution is -2.36. The maximum atomic E-state index is 4.38. The van der Waals surface area contributed by atoms with Gasteiger partial charge >= 0.3 is 0 Å². The van der Waals surface area contributed by atoms with Gasteiger partial charge in [0, 0.05) is 11.8 Å². The minimum atomic E-state index is 0.739. The molecule has 1 atom stereocenters. The van der Waals surface area contributed by atoms with Gasteiger partial charge in [-0.3, -0.25) is 0 Å². The average molecular weight is 331 g/mol. The van der Waals surface area contributed by atoms with Gasteiger partial charge in [-0.15, -0.1) is 10.2 Å². The smallest absolute Gasteiger partial charge is 0.191 e. The lowest BCUT2D eigenvalue weighted by atomic mass is 10.0. The molecule has 3 rings (SSSR count). The van der Waals surface area contributed by atoms with E-state index in [1.807, 2.05) is 18.7 Å². The molecule has 1 saturated heterocycles. The van der Waals surface area contributed by atoms with Gasteiger partial charge in [-0.1, -0.05) is 48.5 Å². The van der Waals surface area contributed by atoms with E-state index in [0.717, 1.165) is 29.3 Å². The topological polar surface area (TPSA) is 34.0 Å². The number of hydrogen-bond acceptors (Lipinski definition) is 4. The first kappa shape index (κ1) is 16.5. The van der Waals surface area contributed by atoms with Crippen molar-refractivity contribution in [2.75, 3.05) is 19.3 Å². The normalized spacial score (nSPS) is 19.1. The van der Waals surface area contributed by atoms with Crippen molar-refractivity contribution >= 4 is 11.8 Å². The summed E-state index contributed by atoms with van der Waals surface area (Å²) >= 11 is 1.85. The fourth-order valence-corrected chi connectivity index (χ4v) is 4.24. The van der Waals surface area contributed by atoms with Crippen LogP contribution in [0.2, 0.25) is 0 Å². The monoisotopic (exact) mass is 330 g/mol. The zero-order valence-electron chi connectivity index (χ0n) is 14.1. The Labute approximate surface area is 143 Å². The molecule has 124 valence electrons. The van der Waals surface area contributed by atoms with Crippen LogP contribution in [0.1, 0.15) is 37.1 Å². The van der Waals surface area contributed by atoms with Crippen LogP contribution in [0.25, 0.3) is 0 Å². The lowest BCUT2D eigenvalue weighted by Gasteiger charge is -2.32. The highest BCUT2D eigenvalue weighted by molar-refractivity contribution is 7.99. The Bertz CT molecular complexity index is 611. The molecule has 1 unspecified atom stereocenters. The zero-order chi connectivity index (χ0) is 16.1. The van der Waals surface area contributed by atoms with Crippen LogP contribution in [0.15, 0.2) is 35.5 Å². The minimum absolute atomic E-state index is 0.739. The molecule has 1 aromatic heterocycles. The molecule has 0 spiro atoms. The number of nitrogens with zero attached hydrogens (tertiary/aromatic N) is 4. The van der Waals surface area contributed by atoms with Crippen LogP contribution < -0.4 is 0 Å². The van der Waals surface area contributed by atoms with Crippen LogP contribution in [0.4, 0.5) is 0 Å². The van der Waals surface area contributed by atoms with Gasteiger partial charge in [0.25, 0.3) is 0 Å². The third kappa shape index (κ3) is 4.36. The summed E-state index contributed by atoms with van der Waals surface area (Å²) < 4.78 is 2.23. The van der Waals surface area contributed by atoms with Gasteiger partial charge in [-0.25, -0.2) is 0 Å². The molecule has 1 aliphatic rings. The second kappa shape index (κ2) is 7.97. The number of aryl methyl sites for hydroxylation is 1. The van der Waals surface area contributed by atoms with E-state index in [1.165, 1.54) is 37.8 Å². The van der Waals surface area contributed by atoms with E-state index in [9.17, 15) is 0 Å². The highest BCUT2D eigenvalue weighted by Crippen LogP contribution is 2.23. The molecule has 2 aromatic rings. The van der Waals surface area contributed by atoms with E-state index >= 15 is 0 Å². The summed E-state index contributed by atoms with van der Waals surface area (Å²) in [6.07, 6.45) is 5.30. The number of rotatable bonds is 6. The molecule has 4 nitrogen and oxygen atoms in total. The Morgan fingerprint density at radius 3 is 2.78 bits per heavy atom. The van der Waals surface area contributed by atoms with E-state index < -0.39 is 0 Å². The summed E-state index contributed by atoms with van der Waals surface area (Å²) in [7, 11) is 2.26. The Morgan fingerprint density at radius 1 is 1.17 bits per heavy atom. The largest absolute Gasteiger partial charge is 0.303 e. The highest BCUT2D eigenvalue weighted by Gasteiger charge is 2.19. The third-order valence-corrected chi connectivity index (χ3v) is 5.69. The SMILES string of the molecule is Cc1nnc(SCCC2CCCCN2C)n1Cc1ccccc1. The van der Waals surface area contributed by atoms with Crippen LogP contribution in [0.5, 0.6) is 0 Å². The number of thioether (sulfide) groups is 1. The van der Waals surface area contributed by atoms with Gasteiger partial charge in [0.15, 0.2) is 5.16 Å². The van der Waals surface area contributed by atoms with Gasteiger partial charge < -0.3 is 9.47 Å². The minimum Gasteiger partial charge on any atom is -0.303 e. The molecule has 1 fully saturated rings. The number of likely N-dealkylation sites (tertiary alicyclic amines) is 1. The summed E-state index contributed by atoms with van der Waals surface area (Å²) in [6, 6.07) is 11.3. The van der Waals surface area contributed by atoms with Crippen molar-refractivity contribution in [3.8, 4) is 0 Å². The Hall–Kier alpha value is -1.33. The summed E-state index contributed by atoms with van der Waals surface area (Å²) in [5.74, 6) is 2.10. The molecule has 23 heavy (non-hydrogen) atoms. The van der Waals surface area contributed by atoms with Gasteiger partial charge in [0.1, 0.15) is 5.82 Å². The van der Waals surface area contributed by atoms with E-state index in [4.69, 9.17) is 0 Å². The lowest BCUT2D eigenvalue weighted by molar-refractivity contribution is 0.182. The Balaban J connectivity index is 1.58. The van der Waals surface area contributed by atoms with Crippen LogP contribution in [-0.2, 0) is 6.54 Å². The number of benzene rings is 1. The van der Waals surface area contributed by atoms with Gasteiger partial charge in [-0.05, 0) is 45.3 Å². The molecule has 2 heterocycles. The van der Waals surface area contributed by atoms with Crippen LogP contribution >= 0.6 is 11.8 Å². The first-order valence-corrected chi connectivity index (χ1v) is 9.49. The number of piperidine rings is 1. The molecule has 5 heteroatoms. The van der Waals surface area contributed by atoms with Crippen molar-refractivity contribution in [2.24, 2.45) is 0 Å². The molecule has 0 radical (unpaired) electrons. The van der Waals surface area contributed by atoms with Crippen LogP contribution in [0, 0.1) is 6.92 Å². The second-order valence-electron chi connectivity index (χ2n) is 6.37. The molecular weight excluding hydrogens is 304 g/mol. The van der Waals surface area contributed by atoms with Crippen molar-refractivity contribution in [2.45, 2.75) is 50.4 Å². The maximum Gasteiger partial charge on any atom is 0.191 e. The first-order valence-electron chi connectivity index (χ1n) is 8.51. The standard InChI is InChI=1S/C18H26N4S/c1-15-19-20-18(22(15)14-16-8-4-3-5-9-16)23-13-11-17-10-6-7-12-21(17)2/h3-5,8-9,17H,6-7,10-14H2,1-2H3. The van der Waals surface area contributed by atoms with Crippen molar-refractivity contribution < 1.29 is 0 Å². The fourth-order valence-electron chi connectivity index (χ4n) is 3.21. The van der Waals surface area contributed by atoms with Crippen LogP contribution in [-0.4, -0.2) is 45.1 Å². The van der Waals surface area contributed by atoms with Crippen molar-refractivity contribution in [1.29, 1.82) is 0 Å². The molecule has 0 aliphatic carbocycles. The van der Waals surface area contributed by atoms with Gasteiger partial charge in [-0.2, -0.15) is 0 Å². The molecule has 0 amide bonds. The Kier molecular flexibility index (Phi) is 5.73. The molecule has 0 N–H and O–H groups in total. The van der Waals surface area contributed by atoms with E-state index in [0.29, 0.717) is 0 Å². The fraction of sp³-hybridized carbons (Fsp3) is 0.556. The molecule has 1 aliphatic heterocycles. The highest BCUT2D eigenvalue weighted by atomic mass is 32.2. The maximum absolute atomic E-state index is 4.38. The summed E-state index contributed by atoms with van der Waals surface area (Å²) in [4.78, 5) is 2.52.